The molecule has 3 nitrogen and oxygen atoms in total. The highest BCUT2D eigenvalue weighted by Gasteiger charge is 2.08. The van der Waals surface area contributed by atoms with Crippen LogP contribution in [0.3, 0.4) is 0 Å². The van der Waals surface area contributed by atoms with E-state index in [1.807, 2.05) is 30.3 Å². The van der Waals surface area contributed by atoms with Crippen LogP contribution in [-0.2, 0) is 6.54 Å². The number of benzene rings is 1. The lowest BCUT2D eigenvalue weighted by Crippen LogP contribution is -2.24. The van der Waals surface area contributed by atoms with Crippen molar-refractivity contribution in [2.75, 3.05) is 7.11 Å². The van der Waals surface area contributed by atoms with Gasteiger partial charge in [-0.15, -0.1) is 0 Å². The van der Waals surface area contributed by atoms with Crippen LogP contribution in [0.5, 0.6) is 5.75 Å². The van der Waals surface area contributed by atoms with Gasteiger partial charge in [-0.3, -0.25) is 0 Å². The van der Waals surface area contributed by atoms with E-state index in [2.05, 4.69) is 19.2 Å². The molecule has 0 aliphatic carbocycles. The number of nitrogens with one attached hydrogen (secondary N) is 1. The predicted octanol–water partition coefficient (Wildman–Crippen LogP) is 4.50. The lowest BCUT2D eigenvalue weighted by Gasteiger charge is -2.09. The lowest BCUT2D eigenvalue weighted by atomic mass is 10.2. The molecule has 1 aromatic heterocycles. The van der Waals surface area contributed by atoms with Gasteiger partial charge in [0.2, 0.25) is 0 Å². The van der Waals surface area contributed by atoms with Crippen molar-refractivity contribution in [1.82, 2.24) is 5.32 Å². The molecule has 0 aliphatic heterocycles. The number of methoxy groups -OCH3 is 1. The second-order valence-electron chi connectivity index (χ2n) is 4.81. The minimum absolute atomic E-state index is 0.485. The summed E-state index contributed by atoms with van der Waals surface area (Å²) >= 11 is 6.13. The molecule has 1 atom stereocenters. The molecule has 0 radical (unpaired) electrons. The highest BCUT2D eigenvalue weighted by molar-refractivity contribution is 6.32. The lowest BCUT2D eigenvalue weighted by molar-refractivity contribution is 0.415. The molecule has 0 fully saturated rings. The average molecular weight is 294 g/mol. The van der Waals surface area contributed by atoms with Crippen molar-refractivity contribution in [3.8, 4) is 17.1 Å². The maximum absolute atomic E-state index is 6.13. The van der Waals surface area contributed by atoms with E-state index in [1.54, 1.807) is 7.11 Å². The molecule has 20 heavy (non-hydrogen) atoms. The molecule has 0 amide bonds. The van der Waals surface area contributed by atoms with Crippen molar-refractivity contribution < 1.29 is 9.15 Å². The largest absolute Gasteiger partial charge is 0.495 e. The summed E-state index contributed by atoms with van der Waals surface area (Å²) in [6, 6.07) is 10.1. The molecular weight excluding hydrogens is 274 g/mol. The average Bonchev–Trinajstić information content (AvgIpc) is 2.93. The van der Waals surface area contributed by atoms with E-state index in [9.17, 15) is 0 Å². The van der Waals surface area contributed by atoms with Crippen molar-refractivity contribution in [3.05, 3.63) is 41.1 Å². The van der Waals surface area contributed by atoms with Crippen LogP contribution in [0, 0.1) is 0 Å². The zero-order chi connectivity index (χ0) is 14.5. The Labute approximate surface area is 124 Å². The minimum atomic E-state index is 0.485. The summed E-state index contributed by atoms with van der Waals surface area (Å²) in [6.45, 7) is 5.05. The van der Waals surface area contributed by atoms with E-state index in [0.29, 0.717) is 16.8 Å². The standard InChI is InChI=1S/C16H20ClNO2/c1-4-11(2)18-10-13-6-8-15(20-13)12-5-7-16(19-3)14(17)9-12/h5-9,11,18H,4,10H2,1-3H3/t11-/m1/s1. The van der Waals surface area contributed by atoms with Gasteiger partial charge in [0, 0.05) is 11.6 Å². The van der Waals surface area contributed by atoms with Crippen molar-refractivity contribution in [2.24, 2.45) is 0 Å². The number of hydrogen-bond acceptors (Lipinski definition) is 3. The van der Waals surface area contributed by atoms with E-state index >= 15 is 0 Å². The summed E-state index contributed by atoms with van der Waals surface area (Å²) in [6.07, 6.45) is 1.10. The normalized spacial score (nSPS) is 12.4. The zero-order valence-electron chi connectivity index (χ0n) is 12.1. The Balaban J connectivity index is 2.10. The second kappa shape index (κ2) is 6.82. The first kappa shape index (κ1) is 14.9. The molecule has 0 unspecified atom stereocenters. The van der Waals surface area contributed by atoms with Crippen LogP contribution >= 0.6 is 11.6 Å². The molecule has 2 rings (SSSR count). The molecule has 1 heterocycles. The fourth-order valence-electron chi connectivity index (χ4n) is 1.87. The van der Waals surface area contributed by atoms with Crippen molar-refractivity contribution in [1.29, 1.82) is 0 Å². The maximum Gasteiger partial charge on any atom is 0.137 e. The monoisotopic (exact) mass is 293 g/mol. The SMILES string of the molecule is CC[C@@H](C)NCc1ccc(-c2ccc(OC)c(Cl)c2)o1. The zero-order valence-corrected chi connectivity index (χ0v) is 12.8. The first-order valence-corrected chi connectivity index (χ1v) is 7.17. The summed E-state index contributed by atoms with van der Waals surface area (Å²) in [5.41, 5.74) is 0.950. The first-order valence-electron chi connectivity index (χ1n) is 6.80. The maximum atomic E-state index is 6.13. The highest BCUT2D eigenvalue weighted by Crippen LogP contribution is 2.31. The van der Waals surface area contributed by atoms with Gasteiger partial charge >= 0.3 is 0 Å². The summed E-state index contributed by atoms with van der Waals surface area (Å²) in [5.74, 6) is 2.41. The Morgan fingerprint density at radius 1 is 1.30 bits per heavy atom. The third-order valence-corrected chi connectivity index (χ3v) is 3.63. The van der Waals surface area contributed by atoms with Crippen LogP contribution in [0.25, 0.3) is 11.3 Å². The topological polar surface area (TPSA) is 34.4 Å². The first-order chi connectivity index (χ1) is 9.63. The van der Waals surface area contributed by atoms with Gasteiger partial charge < -0.3 is 14.5 Å². The van der Waals surface area contributed by atoms with Crippen LogP contribution in [-0.4, -0.2) is 13.2 Å². The summed E-state index contributed by atoms with van der Waals surface area (Å²) in [7, 11) is 1.60. The molecule has 108 valence electrons. The molecular formula is C16H20ClNO2. The van der Waals surface area contributed by atoms with Crippen LogP contribution in [0.1, 0.15) is 26.0 Å². The fraction of sp³-hybridized carbons (Fsp3) is 0.375. The van der Waals surface area contributed by atoms with E-state index < -0.39 is 0 Å². The van der Waals surface area contributed by atoms with Crippen LogP contribution < -0.4 is 10.1 Å². The van der Waals surface area contributed by atoms with Gasteiger partial charge in [0.1, 0.15) is 17.3 Å². The Morgan fingerprint density at radius 2 is 2.10 bits per heavy atom. The molecule has 0 spiro atoms. The van der Waals surface area contributed by atoms with Gasteiger partial charge in [-0.05, 0) is 43.7 Å². The van der Waals surface area contributed by atoms with Gasteiger partial charge in [0.05, 0.1) is 18.7 Å². The number of rotatable bonds is 6. The van der Waals surface area contributed by atoms with Crippen molar-refractivity contribution in [3.63, 3.8) is 0 Å². The Morgan fingerprint density at radius 3 is 2.75 bits per heavy atom. The molecule has 0 aliphatic rings. The number of halogens is 1. The van der Waals surface area contributed by atoms with Crippen molar-refractivity contribution in [2.45, 2.75) is 32.9 Å². The fourth-order valence-corrected chi connectivity index (χ4v) is 2.12. The third kappa shape index (κ3) is 3.56. The summed E-state index contributed by atoms with van der Waals surface area (Å²) in [5, 5.41) is 3.99. The van der Waals surface area contributed by atoms with Gasteiger partial charge in [-0.1, -0.05) is 18.5 Å². The molecule has 2 aromatic rings. The molecule has 1 N–H and O–H groups in total. The molecule has 0 bridgehead atoms. The smallest absolute Gasteiger partial charge is 0.137 e. The quantitative estimate of drug-likeness (QED) is 0.852. The Kier molecular flexibility index (Phi) is 5.10. The minimum Gasteiger partial charge on any atom is -0.495 e. The summed E-state index contributed by atoms with van der Waals surface area (Å²) < 4.78 is 11.0. The predicted molar refractivity (Wildman–Crippen MR) is 82.3 cm³/mol. The molecule has 1 aromatic carbocycles. The Bertz CT molecular complexity index is 565. The van der Waals surface area contributed by atoms with Gasteiger partial charge in [-0.2, -0.15) is 0 Å². The van der Waals surface area contributed by atoms with E-state index in [-0.39, 0.29) is 0 Å². The summed E-state index contributed by atoms with van der Waals surface area (Å²) in [4.78, 5) is 0. The highest BCUT2D eigenvalue weighted by atomic mass is 35.5. The van der Waals surface area contributed by atoms with Crippen LogP contribution in [0.2, 0.25) is 5.02 Å². The van der Waals surface area contributed by atoms with E-state index in [4.69, 9.17) is 20.8 Å². The van der Waals surface area contributed by atoms with E-state index in [1.165, 1.54) is 0 Å². The number of hydrogen-bond donors (Lipinski definition) is 1. The third-order valence-electron chi connectivity index (χ3n) is 3.34. The van der Waals surface area contributed by atoms with E-state index in [0.717, 1.165) is 30.0 Å². The Hall–Kier alpha value is -1.45. The van der Waals surface area contributed by atoms with Crippen molar-refractivity contribution >= 4 is 11.6 Å². The van der Waals surface area contributed by atoms with Crippen LogP contribution in [0.15, 0.2) is 34.7 Å². The number of furan rings is 1. The van der Waals surface area contributed by atoms with Crippen LogP contribution in [0.4, 0.5) is 0 Å². The second-order valence-corrected chi connectivity index (χ2v) is 5.21. The van der Waals surface area contributed by atoms with Gasteiger partial charge in [0.25, 0.3) is 0 Å². The van der Waals surface area contributed by atoms with Gasteiger partial charge in [0.15, 0.2) is 0 Å². The molecule has 4 heteroatoms. The molecule has 0 saturated heterocycles. The molecule has 0 saturated carbocycles. The number of ether oxygens (including phenoxy) is 1. The van der Waals surface area contributed by atoms with Gasteiger partial charge in [-0.25, -0.2) is 0 Å².